The zero-order valence-electron chi connectivity index (χ0n) is 9.67. The molecule has 0 aromatic heterocycles. The van der Waals surface area contributed by atoms with E-state index in [0.29, 0.717) is 0 Å². The normalized spacial score (nSPS) is 22.5. The number of nitrogens with one attached hydrogen (secondary N) is 1. The Balaban J connectivity index is 0.000000531. The van der Waals surface area contributed by atoms with Gasteiger partial charge in [-0.1, -0.05) is 26.0 Å². The second-order valence-corrected chi connectivity index (χ2v) is 3.35. The molecule has 1 aliphatic heterocycles. The van der Waals surface area contributed by atoms with Crippen LogP contribution in [-0.4, -0.2) is 19.6 Å². The van der Waals surface area contributed by atoms with E-state index in [-0.39, 0.29) is 11.9 Å². The van der Waals surface area contributed by atoms with Gasteiger partial charge in [0.1, 0.15) is 0 Å². The minimum atomic E-state index is -0.130. The van der Waals surface area contributed by atoms with Crippen LogP contribution >= 0.6 is 0 Å². The third-order valence-electron chi connectivity index (χ3n) is 2.54. The second kappa shape index (κ2) is 5.59. The Morgan fingerprint density at radius 3 is 2.93 bits per heavy atom. The monoisotopic (exact) mass is 209 g/mol. The molecular weight excluding hydrogens is 190 g/mol. The van der Waals surface area contributed by atoms with E-state index in [1.54, 1.807) is 0 Å². The molecule has 2 rings (SSSR count). The number of fused-ring (bicyclic) bond motifs is 1. The lowest BCUT2D eigenvalue weighted by molar-refractivity contribution is -0.143. The topological polar surface area (TPSA) is 38.3 Å². The summed E-state index contributed by atoms with van der Waals surface area (Å²) in [6, 6.07) is 0. The molecule has 1 aliphatic carbocycles. The number of hydrogen-bond acceptors (Lipinski definition) is 3. The lowest BCUT2D eigenvalue weighted by Gasteiger charge is -2.15. The summed E-state index contributed by atoms with van der Waals surface area (Å²) in [6.07, 6.45) is 5.91. The quantitative estimate of drug-likeness (QED) is 0.671. The smallest absolute Gasteiger partial charge is 0.312 e. The summed E-state index contributed by atoms with van der Waals surface area (Å²) >= 11 is 0. The number of ether oxygens (including phenoxy) is 1. The minimum Gasteiger partial charge on any atom is -0.469 e. The lowest BCUT2D eigenvalue weighted by atomic mass is 9.94. The van der Waals surface area contributed by atoms with E-state index in [4.69, 9.17) is 4.74 Å². The van der Waals surface area contributed by atoms with Gasteiger partial charge in [-0.3, -0.25) is 4.79 Å². The van der Waals surface area contributed by atoms with Crippen LogP contribution in [0.1, 0.15) is 26.7 Å². The van der Waals surface area contributed by atoms with Crippen molar-refractivity contribution < 1.29 is 9.53 Å². The summed E-state index contributed by atoms with van der Waals surface area (Å²) in [4.78, 5) is 11.2. The maximum Gasteiger partial charge on any atom is 0.312 e. The van der Waals surface area contributed by atoms with Gasteiger partial charge in [0.25, 0.3) is 0 Å². The van der Waals surface area contributed by atoms with Crippen molar-refractivity contribution in [1.29, 1.82) is 0 Å². The molecule has 0 spiro atoms. The molecule has 0 radical (unpaired) electrons. The Labute approximate surface area is 91.2 Å². The molecule has 0 aromatic rings. The fraction of sp³-hybridized carbons (Fsp3) is 0.583. The van der Waals surface area contributed by atoms with Crippen LogP contribution in [0.3, 0.4) is 0 Å². The van der Waals surface area contributed by atoms with Crippen LogP contribution in [0.5, 0.6) is 0 Å². The maximum atomic E-state index is 11.2. The van der Waals surface area contributed by atoms with Crippen molar-refractivity contribution in [3.63, 3.8) is 0 Å². The first kappa shape index (κ1) is 11.8. The Morgan fingerprint density at radius 1 is 1.53 bits per heavy atom. The number of methoxy groups -OCH3 is 1. The van der Waals surface area contributed by atoms with E-state index >= 15 is 0 Å². The Hall–Kier alpha value is -1.25. The van der Waals surface area contributed by atoms with Crippen molar-refractivity contribution >= 4 is 5.97 Å². The fourth-order valence-corrected chi connectivity index (χ4v) is 1.83. The first-order valence-electron chi connectivity index (χ1n) is 5.54. The van der Waals surface area contributed by atoms with Crippen molar-refractivity contribution in [3.05, 3.63) is 23.4 Å². The van der Waals surface area contributed by atoms with Crippen LogP contribution in [0.15, 0.2) is 23.4 Å². The molecule has 0 aromatic carbocycles. The maximum absolute atomic E-state index is 11.2. The van der Waals surface area contributed by atoms with Crippen molar-refractivity contribution in [3.8, 4) is 0 Å². The van der Waals surface area contributed by atoms with E-state index in [1.807, 2.05) is 19.9 Å². The molecule has 3 heteroatoms. The van der Waals surface area contributed by atoms with Gasteiger partial charge in [0.2, 0.25) is 0 Å². The number of carbonyl (C=O) groups excluding carboxylic acids is 1. The predicted octanol–water partition coefficient (Wildman–Crippen LogP) is 2.01. The average Bonchev–Trinajstić information content (AvgIpc) is 2.77. The van der Waals surface area contributed by atoms with Crippen LogP contribution in [0.2, 0.25) is 0 Å². The van der Waals surface area contributed by atoms with Gasteiger partial charge in [-0.15, -0.1) is 0 Å². The van der Waals surface area contributed by atoms with Crippen LogP contribution in [0, 0.1) is 5.92 Å². The van der Waals surface area contributed by atoms with E-state index in [0.717, 1.165) is 19.4 Å². The molecule has 1 saturated heterocycles. The SMILES string of the molecule is CC.COC(=O)C1C=C2CCNC2=CC1. The molecule has 15 heavy (non-hydrogen) atoms. The zero-order valence-corrected chi connectivity index (χ0v) is 9.67. The van der Waals surface area contributed by atoms with E-state index in [1.165, 1.54) is 18.4 Å². The van der Waals surface area contributed by atoms with E-state index < -0.39 is 0 Å². The highest BCUT2D eigenvalue weighted by Gasteiger charge is 2.24. The number of esters is 1. The van der Waals surface area contributed by atoms with Crippen LogP contribution in [-0.2, 0) is 9.53 Å². The van der Waals surface area contributed by atoms with Gasteiger partial charge >= 0.3 is 5.97 Å². The van der Waals surface area contributed by atoms with Crippen molar-refractivity contribution in [2.24, 2.45) is 5.92 Å². The van der Waals surface area contributed by atoms with Crippen LogP contribution < -0.4 is 5.32 Å². The lowest BCUT2D eigenvalue weighted by Crippen LogP contribution is -2.17. The molecule has 1 fully saturated rings. The molecule has 1 unspecified atom stereocenters. The molecule has 1 atom stereocenters. The summed E-state index contributed by atoms with van der Waals surface area (Å²) < 4.78 is 4.70. The third-order valence-corrected chi connectivity index (χ3v) is 2.54. The molecular formula is C12H19NO2. The zero-order chi connectivity index (χ0) is 11.3. The van der Waals surface area contributed by atoms with Gasteiger partial charge in [0.05, 0.1) is 13.0 Å². The molecule has 1 N–H and O–H groups in total. The van der Waals surface area contributed by atoms with Crippen molar-refractivity contribution in [2.45, 2.75) is 26.7 Å². The minimum absolute atomic E-state index is 0.0661. The first-order valence-corrected chi connectivity index (χ1v) is 5.54. The largest absolute Gasteiger partial charge is 0.469 e. The first-order chi connectivity index (χ1) is 7.31. The predicted molar refractivity (Wildman–Crippen MR) is 60.3 cm³/mol. The molecule has 3 nitrogen and oxygen atoms in total. The third kappa shape index (κ3) is 2.61. The Bertz CT molecular complexity index is 292. The van der Waals surface area contributed by atoms with Crippen LogP contribution in [0.4, 0.5) is 0 Å². The summed E-state index contributed by atoms with van der Waals surface area (Å²) in [6.45, 7) is 4.99. The highest BCUT2D eigenvalue weighted by atomic mass is 16.5. The van der Waals surface area contributed by atoms with Crippen molar-refractivity contribution in [2.75, 3.05) is 13.7 Å². The number of allylic oxidation sites excluding steroid dienone is 2. The van der Waals surface area contributed by atoms with Gasteiger partial charge < -0.3 is 10.1 Å². The van der Waals surface area contributed by atoms with E-state index in [9.17, 15) is 4.79 Å². The Morgan fingerprint density at radius 2 is 2.27 bits per heavy atom. The summed E-state index contributed by atoms with van der Waals surface area (Å²) in [5.41, 5.74) is 2.47. The van der Waals surface area contributed by atoms with Gasteiger partial charge in [-0.05, 0) is 18.4 Å². The van der Waals surface area contributed by atoms with Gasteiger partial charge in [-0.2, -0.15) is 0 Å². The highest BCUT2D eigenvalue weighted by Crippen LogP contribution is 2.27. The van der Waals surface area contributed by atoms with Crippen molar-refractivity contribution in [1.82, 2.24) is 5.32 Å². The Kier molecular flexibility index (Phi) is 4.40. The molecule has 0 bridgehead atoms. The highest BCUT2D eigenvalue weighted by molar-refractivity contribution is 5.75. The molecule has 84 valence electrons. The van der Waals surface area contributed by atoms with Gasteiger partial charge in [0, 0.05) is 12.2 Å². The van der Waals surface area contributed by atoms with E-state index in [2.05, 4.69) is 11.4 Å². The molecule has 2 aliphatic rings. The van der Waals surface area contributed by atoms with Gasteiger partial charge in [0.15, 0.2) is 0 Å². The number of rotatable bonds is 1. The summed E-state index contributed by atoms with van der Waals surface area (Å²) in [7, 11) is 1.44. The second-order valence-electron chi connectivity index (χ2n) is 3.35. The summed E-state index contributed by atoms with van der Waals surface area (Å²) in [5, 5.41) is 3.28. The fourth-order valence-electron chi connectivity index (χ4n) is 1.83. The number of hydrogen-bond donors (Lipinski definition) is 1. The average molecular weight is 209 g/mol. The molecule has 0 amide bonds. The van der Waals surface area contributed by atoms with Gasteiger partial charge in [-0.25, -0.2) is 0 Å². The standard InChI is InChI=1S/C10H13NO2.C2H6/c1-13-10(12)8-2-3-9-7(6-8)4-5-11-9;1-2/h3,6,8,11H,2,4-5H2,1H3;1-2H3. The molecule has 1 heterocycles. The molecule has 0 saturated carbocycles. The van der Waals surface area contributed by atoms with Crippen LogP contribution in [0.25, 0.3) is 0 Å². The number of carbonyl (C=O) groups is 1. The summed E-state index contributed by atoms with van der Waals surface area (Å²) in [5.74, 6) is -0.196.